The van der Waals surface area contributed by atoms with E-state index in [0.29, 0.717) is 18.0 Å². The summed E-state index contributed by atoms with van der Waals surface area (Å²) in [4.78, 5) is 10.4. The van der Waals surface area contributed by atoms with Crippen LogP contribution in [-0.2, 0) is 0 Å². The second-order valence-electron chi connectivity index (χ2n) is 6.21. The Balaban J connectivity index is 1.67. The van der Waals surface area contributed by atoms with Gasteiger partial charge in [-0.05, 0) is 50.3 Å². The van der Waals surface area contributed by atoms with Crippen LogP contribution in [0, 0.1) is 16.0 Å². The quantitative estimate of drug-likeness (QED) is 0.659. The summed E-state index contributed by atoms with van der Waals surface area (Å²) in [6.45, 7) is 1.14. The van der Waals surface area contributed by atoms with E-state index in [1.807, 2.05) is 12.1 Å². The summed E-state index contributed by atoms with van der Waals surface area (Å²) in [5.41, 5.74) is 1.15. The summed E-state index contributed by atoms with van der Waals surface area (Å²) in [6, 6.07) is 7.93. The van der Waals surface area contributed by atoms with Gasteiger partial charge in [-0.25, -0.2) is 0 Å². The Hall–Kier alpha value is -1.62. The lowest BCUT2D eigenvalue weighted by Gasteiger charge is -2.36. The molecule has 1 aliphatic carbocycles. The summed E-state index contributed by atoms with van der Waals surface area (Å²) in [5.74, 6) is 0.677. The van der Waals surface area contributed by atoms with Crippen LogP contribution in [0.4, 0.5) is 11.4 Å². The highest BCUT2D eigenvalue weighted by Gasteiger charge is 2.33. The topological polar surface area (TPSA) is 67.2 Å². The third-order valence-corrected chi connectivity index (χ3v) is 4.86. The maximum atomic E-state index is 10.7. The van der Waals surface area contributed by atoms with Gasteiger partial charge in [-0.3, -0.25) is 10.1 Å². The number of nitro groups is 1. The monoisotopic (exact) mass is 289 g/mol. The van der Waals surface area contributed by atoms with Crippen LogP contribution in [-0.4, -0.2) is 23.6 Å². The molecule has 1 heterocycles. The third-order valence-electron chi connectivity index (χ3n) is 4.86. The fraction of sp³-hybridized carbons (Fsp3) is 0.625. The van der Waals surface area contributed by atoms with E-state index in [2.05, 4.69) is 10.6 Å². The summed E-state index contributed by atoms with van der Waals surface area (Å²) < 4.78 is 0. The van der Waals surface area contributed by atoms with Crippen molar-refractivity contribution in [2.45, 2.75) is 50.6 Å². The molecule has 3 rings (SSSR count). The molecule has 0 aromatic heterocycles. The van der Waals surface area contributed by atoms with E-state index in [9.17, 15) is 10.1 Å². The zero-order chi connectivity index (χ0) is 14.7. The molecule has 1 saturated heterocycles. The van der Waals surface area contributed by atoms with Gasteiger partial charge in [-0.1, -0.05) is 12.8 Å². The molecule has 3 atom stereocenters. The van der Waals surface area contributed by atoms with Gasteiger partial charge in [0.05, 0.1) is 4.92 Å². The lowest BCUT2D eigenvalue weighted by molar-refractivity contribution is -0.384. The predicted octanol–water partition coefficient (Wildman–Crippen LogP) is 3.32. The second kappa shape index (κ2) is 6.43. The Bertz CT molecular complexity index is 483. The lowest BCUT2D eigenvalue weighted by atomic mass is 9.79. The third kappa shape index (κ3) is 3.35. The van der Waals surface area contributed by atoms with Crippen molar-refractivity contribution in [1.29, 1.82) is 0 Å². The van der Waals surface area contributed by atoms with Crippen LogP contribution in [0.25, 0.3) is 0 Å². The number of nitrogens with zero attached hydrogens (tertiary/aromatic N) is 1. The van der Waals surface area contributed by atoms with Crippen molar-refractivity contribution in [2.75, 3.05) is 11.9 Å². The van der Waals surface area contributed by atoms with E-state index >= 15 is 0 Å². The predicted molar refractivity (Wildman–Crippen MR) is 83.5 cm³/mol. The first-order chi connectivity index (χ1) is 10.2. The fourth-order valence-electron chi connectivity index (χ4n) is 3.79. The number of hydrogen-bond donors (Lipinski definition) is 2. The van der Waals surface area contributed by atoms with Gasteiger partial charge < -0.3 is 10.6 Å². The number of benzene rings is 1. The number of nitro benzene ring substituents is 1. The highest BCUT2D eigenvalue weighted by Crippen LogP contribution is 2.32. The molecule has 1 aliphatic heterocycles. The van der Waals surface area contributed by atoms with E-state index in [0.717, 1.165) is 12.2 Å². The minimum atomic E-state index is -0.352. The highest BCUT2D eigenvalue weighted by atomic mass is 16.6. The highest BCUT2D eigenvalue weighted by molar-refractivity contribution is 5.49. The van der Waals surface area contributed by atoms with Gasteiger partial charge in [0, 0.05) is 29.9 Å². The smallest absolute Gasteiger partial charge is 0.269 e. The van der Waals surface area contributed by atoms with Crippen molar-refractivity contribution >= 4 is 11.4 Å². The zero-order valence-corrected chi connectivity index (χ0v) is 12.3. The maximum Gasteiger partial charge on any atom is 0.269 e. The first-order valence-electron chi connectivity index (χ1n) is 7.98. The molecular formula is C16H23N3O2. The summed E-state index contributed by atoms with van der Waals surface area (Å²) in [5, 5.41) is 18.0. The van der Waals surface area contributed by atoms with Crippen molar-refractivity contribution in [1.82, 2.24) is 5.32 Å². The number of anilines is 1. The van der Waals surface area contributed by atoms with Gasteiger partial charge in [0.25, 0.3) is 5.69 Å². The number of rotatable bonds is 4. The minimum Gasteiger partial charge on any atom is -0.382 e. The Morgan fingerprint density at radius 2 is 1.86 bits per heavy atom. The van der Waals surface area contributed by atoms with Crippen LogP contribution in [0.15, 0.2) is 24.3 Å². The summed E-state index contributed by atoms with van der Waals surface area (Å²) >= 11 is 0. The number of hydrogen-bond acceptors (Lipinski definition) is 4. The Kier molecular flexibility index (Phi) is 4.39. The van der Waals surface area contributed by atoms with E-state index < -0.39 is 0 Å². The standard InChI is InChI=1S/C16H23N3O2/c20-19(21)13-9-7-12(8-10-13)18-16-5-2-1-4-14(16)15-6-3-11-17-15/h7-10,14-18H,1-6,11H2. The van der Waals surface area contributed by atoms with Crippen molar-refractivity contribution in [3.8, 4) is 0 Å². The van der Waals surface area contributed by atoms with Crippen molar-refractivity contribution in [2.24, 2.45) is 5.92 Å². The molecule has 0 amide bonds. The SMILES string of the molecule is O=[N+]([O-])c1ccc(NC2CCCCC2C2CCCN2)cc1. The van der Waals surface area contributed by atoms with Gasteiger partial charge in [-0.15, -0.1) is 0 Å². The maximum absolute atomic E-state index is 10.7. The molecule has 2 aliphatic rings. The minimum absolute atomic E-state index is 0.151. The molecule has 1 saturated carbocycles. The summed E-state index contributed by atoms with van der Waals surface area (Å²) in [7, 11) is 0. The summed E-state index contributed by atoms with van der Waals surface area (Å²) in [6.07, 6.45) is 7.63. The second-order valence-corrected chi connectivity index (χ2v) is 6.21. The Labute approximate surface area is 125 Å². The molecule has 114 valence electrons. The van der Waals surface area contributed by atoms with Gasteiger partial charge in [0.15, 0.2) is 0 Å². The van der Waals surface area contributed by atoms with E-state index in [4.69, 9.17) is 0 Å². The molecule has 1 aromatic carbocycles. The van der Waals surface area contributed by atoms with Gasteiger partial charge in [0.2, 0.25) is 0 Å². The van der Waals surface area contributed by atoms with Crippen molar-refractivity contribution in [3.63, 3.8) is 0 Å². The molecule has 0 spiro atoms. The molecule has 0 radical (unpaired) electrons. The Morgan fingerprint density at radius 1 is 1.10 bits per heavy atom. The van der Waals surface area contributed by atoms with E-state index in [-0.39, 0.29) is 10.6 Å². The van der Waals surface area contributed by atoms with Crippen LogP contribution in [0.2, 0.25) is 0 Å². The van der Waals surface area contributed by atoms with Crippen LogP contribution in [0.1, 0.15) is 38.5 Å². The van der Waals surface area contributed by atoms with Gasteiger partial charge in [0.1, 0.15) is 0 Å². The van der Waals surface area contributed by atoms with Gasteiger partial charge >= 0.3 is 0 Å². The molecule has 0 bridgehead atoms. The van der Waals surface area contributed by atoms with Crippen LogP contribution in [0.3, 0.4) is 0 Å². The number of non-ortho nitro benzene ring substituents is 1. The Morgan fingerprint density at radius 3 is 2.52 bits per heavy atom. The molecule has 2 fully saturated rings. The lowest BCUT2D eigenvalue weighted by Crippen LogP contribution is -2.43. The molecule has 2 N–H and O–H groups in total. The van der Waals surface area contributed by atoms with Crippen LogP contribution in [0.5, 0.6) is 0 Å². The fourth-order valence-corrected chi connectivity index (χ4v) is 3.79. The van der Waals surface area contributed by atoms with Crippen molar-refractivity contribution in [3.05, 3.63) is 34.4 Å². The number of nitrogens with one attached hydrogen (secondary N) is 2. The molecule has 21 heavy (non-hydrogen) atoms. The average Bonchev–Trinajstić information content (AvgIpc) is 3.02. The zero-order valence-electron chi connectivity index (χ0n) is 12.3. The normalized spacial score (nSPS) is 29.2. The van der Waals surface area contributed by atoms with E-state index in [1.54, 1.807) is 12.1 Å². The molecule has 5 heteroatoms. The van der Waals surface area contributed by atoms with E-state index in [1.165, 1.54) is 38.5 Å². The average molecular weight is 289 g/mol. The van der Waals surface area contributed by atoms with Crippen LogP contribution < -0.4 is 10.6 Å². The molecular weight excluding hydrogens is 266 g/mol. The van der Waals surface area contributed by atoms with Crippen LogP contribution >= 0.6 is 0 Å². The largest absolute Gasteiger partial charge is 0.382 e. The molecule has 1 aromatic rings. The first-order valence-corrected chi connectivity index (χ1v) is 7.98. The molecule has 5 nitrogen and oxygen atoms in total. The first kappa shape index (κ1) is 14.3. The molecule has 3 unspecified atom stereocenters. The van der Waals surface area contributed by atoms with Crippen molar-refractivity contribution < 1.29 is 4.92 Å². The van der Waals surface area contributed by atoms with Gasteiger partial charge in [-0.2, -0.15) is 0 Å².